The second-order valence-electron chi connectivity index (χ2n) is 5.55. The normalized spacial score (nSPS) is 15.9. The molecule has 3 rings (SSSR count). The van der Waals surface area contributed by atoms with Crippen molar-refractivity contribution in [3.63, 3.8) is 0 Å². The van der Waals surface area contributed by atoms with Crippen LogP contribution in [-0.4, -0.2) is 44.2 Å². The number of furan rings is 1. The Labute approximate surface area is 129 Å². The molecule has 0 radical (unpaired) electrons. The van der Waals surface area contributed by atoms with Crippen LogP contribution in [0.1, 0.15) is 29.8 Å². The van der Waals surface area contributed by atoms with Crippen molar-refractivity contribution in [2.45, 2.75) is 19.3 Å². The summed E-state index contributed by atoms with van der Waals surface area (Å²) in [5.41, 5.74) is 0.635. The Hall–Kier alpha value is -2.01. The van der Waals surface area contributed by atoms with Crippen molar-refractivity contribution in [2.75, 3.05) is 33.4 Å². The predicted octanol–water partition coefficient (Wildman–Crippen LogP) is 3.08. The van der Waals surface area contributed by atoms with Gasteiger partial charge in [0.25, 0.3) is 0 Å². The molecule has 0 amide bonds. The standard InChI is InChI=1S/C17H21NO4/c1-20-17(19)16-11-13-5-6-14(12-15(13)22-16)21-10-9-18-7-3-2-4-8-18/h5-6,11-12H,2-4,7-10H2,1H3. The van der Waals surface area contributed by atoms with Crippen LogP contribution in [0.2, 0.25) is 0 Å². The molecule has 5 nitrogen and oxygen atoms in total. The molecule has 0 atom stereocenters. The number of benzene rings is 1. The van der Waals surface area contributed by atoms with Crippen molar-refractivity contribution in [1.82, 2.24) is 4.90 Å². The van der Waals surface area contributed by atoms with Gasteiger partial charge in [-0.2, -0.15) is 0 Å². The highest BCUT2D eigenvalue weighted by molar-refractivity contribution is 5.92. The Balaban J connectivity index is 1.60. The Morgan fingerprint density at radius 3 is 2.82 bits per heavy atom. The molecule has 0 unspecified atom stereocenters. The minimum absolute atomic E-state index is 0.211. The van der Waals surface area contributed by atoms with Crippen molar-refractivity contribution in [2.24, 2.45) is 0 Å². The fourth-order valence-corrected chi connectivity index (χ4v) is 2.78. The predicted molar refractivity (Wildman–Crippen MR) is 83.3 cm³/mol. The number of carbonyl (C=O) groups is 1. The van der Waals surface area contributed by atoms with E-state index in [9.17, 15) is 4.79 Å². The van der Waals surface area contributed by atoms with Gasteiger partial charge in [0.05, 0.1) is 7.11 Å². The first-order chi connectivity index (χ1) is 10.8. The molecular weight excluding hydrogens is 282 g/mol. The van der Waals surface area contributed by atoms with E-state index in [1.54, 1.807) is 6.07 Å². The quantitative estimate of drug-likeness (QED) is 0.795. The number of rotatable bonds is 5. The highest BCUT2D eigenvalue weighted by atomic mass is 16.5. The molecule has 1 aliphatic heterocycles. The summed E-state index contributed by atoms with van der Waals surface area (Å²) in [6, 6.07) is 7.28. The van der Waals surface area contributed by atoms with Crippen LogP contribution in [0.25, 0.3) is 11.0 Å². The zero-order valence-electron chi connectivity index (χ0n) is 12.8. The monoisotopic (exact) mass is 303 g/mol. The Kier molecular flexibility index (Phi) is 4.63. The maximum Gasteiger partial charge on any atom is 0.373 e. The lowest BCUT2D eigenvalue weighted by Crippen LogP contribution is -2.33. The molecule has 1 aromatic heterocycles. The van der Waals surface area contributed by atoms with Crippen LogP contribution in [0.4, 0.5) is 0 Å². The maximum absolute atomic E-state index is 11.5. The SMILES string of the molecule is COC(=O)c1cc2ccc(OCCN3CCCCC3)cc2o1. The lowest BCUT2D eigenvalue weighted by Gasteiger charge is -2.26. The van der Waals surface area contributed by atoms with Crippen LogP contribution < -0.4 is 4.74 Å². The van der Waals surface area contributed by atoms with E-state index < -0.39 is 5.97 Å². The van der Waals surface area contributed by atoms with Crippen molar-refractivity contribution in [3.05, 3.63) is 30.0 Å². The van der Waals surface area contributed by atoms with Gasteiger partial charge in [-0.25, -0.2) is 4.79 Å². The third-order valence-corrected chi connectivity index (χ3v) is 4.00. The van der Waals surface area contributed by atoms with Gasteiger partial charge in [0, 0.05) is 18.0 Å². The van der Waals surface area contributed by atoms with Crippen molar-refractivity contribution >= 4 is 16.9 Å². The summed E-state index contributed by atoms with van der Waals surface area (Å²) in [5.74, 6) is 0.502. The van der Waals surface area contributed by atoms with Gasteiger partial charge in [0.1, 0.15) is 17.9 Å². The van der Waals surface area contributed by atoms with Crippen LogP contribution in [0.15, 0.2) is 28.7 Å². The van der Waals surface area contributed by atoms with E-state index in [1.807, 2.05) is 18.2 Å². The average Bonchev–Trinajstić information content (AvgIpc) is 2.98. The zero-order chi connectivity index (χ0) is 15.4. The Morgan fingerprint density at radius 1 is 1.23 bits per heavy atom. The fourth-order valence-electron chi connectivity index (χ4n) is 2.78. The number of nitrogens with zero attached hydrogens (tertiary/aromatic N) is 1. The molecule has 1 saturated heterocycles. The molecular formula is C17H21NO4. The fraction of sp³-hybridized carbons (Fsp3) is 0.471. The molecule has 5 heteroatoms. The molecule has 1 aliphatic rings. The summed E-state index contributed by atoms with van der Waals surface area (Å²) in [5, 5.41) is 0.865. The minimum atomic E-state index is -0.469. The highest BCUT2D eigenvalue weighted by Crippen LogP contribution is 2.24. The van der Waals surface area contributed by atoms with Gasteiger partial charge in [-0.1, -0.05) is 6.42 Å². The van der Waals surface area contributed by atoms with Crippen molar-refractivity contribution in [3.8, 4) is 5.75 Å². The summed E-state index contributed by atoms with van der Waals surface area (Å²) in [6.45, 7) is 3.95. The number of methoxy groups -OCH3 is 1. The molecule has 0 bridgehead atoms. The molecule has 2 aromatic rings. The average molecular weight is 303 g/mol. The van der Waals surface area contributed by atoms with Crippen LogP contribution >= 0.6 is 0 Å². The topological polar surface area (TPSA) is 51.9 Å². The largest absolute Gasteiger partial charge is 0.492 e. The van der Waals surface area contributed by atoms with Crippen molar-refractivity contribution in [1.29, 1.82) is 0 Å². The summed E-state index contributed by atoms with van der Waals surface area (Å²) in [4.78, 5) is 13.9. The number of carbonyl (C=O) groups excluding carboxylic acids is 1. The van der Waals surface area contributed by atoms with Crippen LogP contribution in [-0.2, 0) is 4.74 Å². The number of esters is 1. The first-order valence-corrected chi connectivity index (χ1v) is 7.73. The van der Waals surface area contributed by atoms with Gasteiger partial charge in [0.15, 0.2) is 0 Å². The van der Waals surface area contributed by atoms with E-state index in [-0.39, 0.29) is 5.76 Å². The van der Waals surface area contributed by atoms with E-state index in [2.05, 4.69) is 9.64 Å². The minimum Gasteiger partial charge on any atom is -0.492 e. The summed E-state index contributed by atoms with van der Waals surface area (Å²) in [7, 11) is 1.34. The van der Waals surface area contributed by atoms with Gasteiger partial charge in [-0.15, -0.1) is 0 Å². The lowest BCUT2D eigenvalue weighted by molar-refractivity contribution is 0.0567. The first kappa shape index (κ1) is 14.9. The molecule has 2 heterocycles. The van der Waals surface area contributed by atoms with Crippen LogP contribution in [0.3, 0.4) is 0 Å². The number of hydrogen-bond acceptors (Lipinski definition) is 5. The number of piperidine rings is 1. The van der Waals surface area contributed by atoms with E-state index in [0.717, 1.165) is 17.7 Å². The summed E-state index contributed by atoms with van der Waals surface area (Å²) >= 11 is 0. The van der Waals surface area contributed by atoms with Gasteiger partial charge >= 0.3 is 5.97 Å². The van der Waals surface area contributed by atoms with E-state index >= 15 is 0 Å². The molecule has 0 aliphatic carbocycles. The molecule has 0 saturated carbocycles. The zero-order valence-corrected chi connectivity index (χ0v) is 12.8. The van der Waals surface area contributed by atoms with E-state index in [1.165, 1.54) is 39.5 Å². The molecule has 118 valence electrons. The molecule has 1 aromatic carbocycles. The van der Waals surface area contributed by atoms with Gasteiger partial charge in [-0.3, -0.25) is 4.90 Å². The van der Waals surface area contributed by atoms with Crippen LogP contribution in [0.5, 0.6) is 5.75 Å². The first-order valence-electron chi connectivity index (χ1n) is 7.73. The lowest BCUT2D eigenvalue weighted by atomic mass is 10.1. The number of fused-ring (bicyclic) bond motifs is 1. The third-order valence-electron chi connectivity index (χ3n) is 4.00. The second-order valence-corrected chi connectivity index (χ2v) is 5.55. The maximum atomic E-state index is 11.5. The second kappa shape index (κ2) is 6.83. The number of ether oxygens (including phenoxy) is 2. The third kappa shape index (κ3) is 3.42. The Morgan fingerprint density at radius 2 is 2.05 bits per heavy atom. The molecule has 0 N–H and O–H groups in total. The summed E-state index contributed by atoms with van der Waals surface area (Å²) < 4.78 is 15.9. The van der Waals surface area contributed by atoms with E-state index in [4.69, 9.17) is 9.15 Å². The van der Waals surface area contributed by atoms with Crippen LogP contribution in [0, 0.1) is 0 Å². The number of likely N-dealkylation sites (tertiary alicyclic amines) is 1. The van der Waals surface area contributed by atoms with Crippen molar-refractivity contribution < 1.29 is 18.7 Å². The highest BCUT2D eigenvalue weighted by Gasteiger charge is 2.13. The van der Waals surface area contributed by atoms with Gasteiger partial charge < -0.3 is 13.9 Å². The van der Waals surface area contributed by atoms with Gasteiger partial charge in [0.2, 0.25) is 5.76 Å². The molecule has 0 spiro atoms. The number of hydrogen-bond donors (Lipinski definition) is 0. The smallest absolute Gasteiger partial charge is 0.373 e. The van der Waals surface area contributed by atoms with E-state index in [0.29, 0.717) is 12.2 Å². The Bertz CT molecular complexity index is 643. The molecule has 1 fully saturated rings. The molecule has 22 heavy (non-hydrogen) atoms. The summed E-state index contributed by atoms with van der Waals surface area (Å²) in [6.07, 6.45) is 3.92. The van der Waals surface area contributed by atoms with Gasteiger partial charge in [-0.05, 0) is 44.1 Å².